The van der Waals surface area contributed by atoms with Crippen LogP contribution in [0.25, 0.3) is 11.3 Å². The van der Waals surface area contributed by atoms with Gasteiger partial charge in [-0.15, -0.1) is 0 Å². The number of anilines is 1. The lowest BCUT2D eigenvalue weighted by atomic mass is 10.1. The number of Topliss-reactive ketones (excluding diaryl/α,β-unsaturated/α-hetero) is 1. The number of amides is 1. The molecule has 9 heteroatoms. The largest absolute Gasteiger partial charge is 0.454 e. The molecule has 1 heterocycles. The fraction of sp³-hybridized carbons (Fsp3) is 0.280. The van der Waals surface area contributed by atoms with Gasteiger partial charge in [0.25, 0.3) is 0 Å². The number of benzene rings is 2. The number of hydrogen-bond donors (Lipinski definition) is 1. The molecule has 3 aromatic rings. The van der Waals surface area contributed by atoms with Gasteiger partial charge in [0.2, 0.25) is 11.7 Å². The normalized spacial score (nSPS) is 11.8. The van der Waals surface area contributed by atoms with Gasteiger partial charge >= 0.3 is 5.97 Å². The zero-order valence-corrected chi connectivity index (χ0v) is 18.9. The first-order valence-electron chi connectivity index (χ1n) is 10.7. The Hall–Kier alpha value is -3.88. The van der Waals surface area contributed by atoms with E-state index in [0.717, 1.165) is 12.1 Å². The van der Waals surface area contributed by atoms with Gasteiger partial charge in [-0.2, -0.15) is 0 Å². The molecule has 1 amide bonds. The van der Waals surface area contributed by atoms with E-state index in [-0.39, 0.29) is 41.9 Å². The highest BCUT2D eigenvalue weighted by Crippen LogP contribution is 2.27. The Kier molecular flexibility index (Phi) is 7.88. The average molecular weight is 470 g/mol. The van der Waals surface area contributed by atoms with Crippen molar-refractivity contribution >= 4 is 23.3 Å². The van der Waals surface area contributed by atoms with Crippen molar-refractivity contribution < 1.29 is 32.3 Å². The van der Waals surface area contributed by atoms with Gasteiger partial charge in [0, 0.05) is 23.6 Å². The molecular formula is C25H24F2N2O5. The van der Waals surface area contributed by atoms with E-state index in [1.165, 1.54) is 19.2 Å². The van der Waals surface area contributed by atoms with Crippen LogP contribution in [0, 0.1) is 17.6 Å². The third kappa shape index (κ3) is 6.12. The summed E-state index contributed by atoms with van der Waals surface area (Å²) >= 11 is 0. The zero-order chi connectivity index (χ0) is 24.8. The van der Waals surface area contributed by atoms with E-state index in [2.05, 4.69) is 10.3 Å². The first-order valence-corrected chi connectivity index (χ1v) is 10.7. The van der Waals surface area contributed by atoms with E-state index in [1.54, 1.807) is 38.1 Å². The number of ketones is 1. The Morgan fingerprint density at radius 2 is 1.68 bits per heavy atom. The SMILES string of the molecule is CC(C)C(=O)Nc1ccc(C(=O)C(C)OC(=O)CCc2ncc(-c3c(F)cccc3F)o2)cc1. The number of halogens is 2. The van der Waals surface area contributed by atoms with Crippen LogP contribution in [0.15, 0.2) is 53.1 Å². The monoisotopic (exact) mass is 470 g/mol. The van der Waals surface area contributed by atoms with Gasteiger partial charge in [0.15, 0.2) is 17.8 Å². The molecule has 0 spiro atoms. The number of carbonyl (C=O) groups is 3. The Morgan fingerprint density at radius 1 is 1.03 bits per heavy atom. The summed E-state index contributed by atoms with van der Waals surface area (Å²) in [6, 6.07) is 9.72. The first-order chi connectivity index (χ1) is 16.2. The van der Waals surface area contributed by atoms with Crippen molar-refractivity contribution in [3.8, 4) is 11.3 Å². The van der Waals surface area contributed by atoms with Crippen LogP contribution in [0.5, 0.6) is 0 Å². The molecule has 0 saturated heterocycles. The van der Waals surface area contributed by atoms with E-state index in [1.807, 2.05) is 0 Å². The summed E-state index contributed by atoms with van der Waals surface area (Å²) in [6.45, 7) is 5.00. The second-order valence-corrected chi connectivity index (χ2v) is 7.93. The van der Waals surface area contributed by atoms with Gasteiger partial charge in [0.05, 0.1) is 18.2 Å². The van der Waals surface area contributed by atoms with Crippen LogP contribution >= 0.6 is 0 Å². The smallest absolute Gasteiger partial charge is 0.307 e. The number of oxazole rings is 1. The molecule has 178 valence electrons. The van der Waals surface area contributed by atoms with E-state index < -0.39 is 29.5 Å². The summed E-state index contributed by atoms with van der Waals surface area (Å²) in [5.41, 5.74) is 0.547. The van der Waals surface area contributed by atoms with E-state index in [4.69, 9.17) is 9.15 Å². The molecule has 2 aromatic carbocycles. The lowest BCUT2D eigenvalue weighted by molar-refractivity contribution is -0.146. The molecule has 0 saturated carbocycles. The van der Waals surface area contributed by atoms with Crippen LogP contribution in [-0.4, -0.2) is 28.7 Å². The molecule has 0 fully saturated rings. The second-order valence-electron chi connectivity index (χ2n) is 7.93. The molecule has 0 radical (unpaired) electrons. The maximum Gasteiger partial charge on any atom is 0.307 e. The van der Waals surface area contributed by atoms with Gasteiger partial charge in [-0.1, -0.05) is 19.9 Å². The summed E-state index contributed by atoms with van der Waals surface area (Å²) in [6.07, 6.45) is 0.0373. The molecule has 0 aliphatic heterocycles. The molecular weight excluding hydrogens is 446 g/mol. The lowest BCUT2D eigenvalue weighted by Gasteiger charge is -2.13. The van der Waals surface area contributed by atoms with Crippen molar-refractivity contribution in [3.63, 3.8) is 0 Å². The highest BCUT2D eigenvalue weighted by molar-refractivity contribution is 6.01. The molecule has 7 nitrogen and oxygen atoms in total. The van der Waals surface area contributed by atoms with Gasteiger partial charge < -0.3 is 14.5 Å². The number of ether oxygens (including phenoxy) is 1. The molecule has 3 rings (SSSR count). The predicted molar refractivity (Wildman–Crippen MR) is 120 cm³/mol. The number of nitrogens with one attached hydrogen (secondary N) is 1. The lowest BCUT2D eigenvalue weighted by Crippen LogP contribution is -2.24. The number of esters is 1. The average Bonchev–Trinajstić information content (AvgIpc) is 3.26. The van der Waals surface area contributed by atoms with Crippen molar-refractivity contribution in [3.05, 3.63) is 71.8 Å². The van der Waals surface area contributed by atoms with E-state index in [0.29, 0.717) is 11.3 Å². The molecule has 1 aromatic heterocycles. The summed E-state index contributed by atoms with van der Waals surface area (Å²) in [5.74, 6) is -2.93. The maximum atomic E-state index is 13.9. The van der Waals surface area contributed by atoms with Gasteiger partial charge in [-0.25, -0.2) is 13.8 Å². The molecule has 34 heavy (non-hydrogen) atoms. The first kappa shape index (κ1) is 24.8. The summed E-state index contributed by atoms with van der Waals surface area (Å²) < 4.78 is 38.3. The third-order valence-electron chi connectivity index (χ3n) is 4.94. The minimum Gasteiger partial charge on any atom is -0.454 e. The maximum absolute atomic E-state index is 13.9. The molecule has 0 aliphatic rings. The van der Waals surface area contributed by atoms with Crippen LogP contribution in [0.2, 0.25) is 0 Å². The van der Waals surface area contributed by atoms with Crippen LogP contribution in [0.4, 0.5) is 14.5 Å². The van der Waals surface area contributed by atoms with E-state index in [9.17, 15) is 23.2 Å². The Balaban J connectivity index is 1.53. The fourth-order valence-corrected chi connectivity index (χ4v) is 3.03. The summed E-state index contributed by atoms with van der Waals surface area (Å²) in [5, 5.41) is 2.73. The van der Waals surface area contributed by atoms with Crippen LogP contribution in [0.3, 0.4) is 0 Å². The minimum atomic E-state index is -1.03. The summed E-state index contributed by atoms with van der Waals surface area (Å²) in [4.78, 5) is 40.4. The highest BCUT2D eigenvalue weighted by Gasteiger charge is 2.21. The minimum absolute atomic E-state index is 0.0278. The number of nitrogens with zero attached hydrogens (tertiary/aromatic N) is 1. The van der Waals surface area contributed by atoms with Gasteiger partial charge in [-0.3, -0.25) is 14.4 Å². The topological polar surface area (TPSA) is 98.5 Å². The van der Waals surface area contributed by atoms with Crippen molar-refractivity contribution in [1.29, 1.82) is 0 Å². The van der Waals surface area contributed by atoms with Gasteiger partial charge in [0.1, 0.15) is 11.6 Å². The number of aromatic nitrogens is 1. The van der Waals surface area contributed by atoms with Crippen molar-refractivity contribution in [2.24, 2.45) is 5.92 Å². The molecule has 1 atom stereocenters. The molecule has 1 N–H and O–H groups in total. The van der Waals surface area contributed by atoms with Gasteiger partial charge in [-0.05, 0) is 43.3 Å². The Morgan fingerprint density at radius 3 is 2.29 bits per heavy atom. The number of carbonyl (C=O) groups excluding carboxylic acids is 3. The van der Waals surface area contributed by atoms with Crippen molar-refractivity contribution in [1.82, 2.24) is 4.98 Å². The van der Waals surface area contributed by atoms with Crippen molar-refractivity contribution in [2.75, 3.05) is 5.32 Å². The molecule has 0 bridgehead atoms. The van der Waals surface area contributed by atoms with E-state index >= 15 is 0 Å². The predicted octanol–water partition coefficient (Wildman–Crippen LogP) is 4.96. The Bertz CT molecular complexity index is 1170. The molecule has 1 unspecified atom stereocenters. The Labute approximate surface area is 195 Å². The fourth-order valence-electron chi connectivity index (χ4n) is 3.03. The molecule has 0 aliphatic carbocycles. The van der Waals surface area contributed by atoms with Crippen LogP contribution in [-0.2, 0) is 20.7 Å². The van der Waals surface area contributed by atoms with Crippen molar-refractivity contribution in [2.45, 2.75) is 39.7 Å². The third-order valence-corrected chi connectivity index (χ3v) is 4.94. The summed E-state index contributed by atoms with van der Waals surface area (Å²) in [7, 11) is 0. The highest BCUT2D eigenvalue weighted by atomic mass is 19.1. The number of aryl methyl sites for hydroxylation is 1. The van der Waals surface area contributed by atoms with Crippen LogP contribution < -0.4 is 5.32 Å². The van der Waals surface area contributed by atoms with Crippen LogP contribution in [0.1, 0.15) is 43.4 Å². The number of hydrogen-bond acceptors (Lipinski definition) is 6. The standard InChI is InChI=1S/C25H24F2N2O5/c1-14(2)25(32)29-17-9-7-16(8-10-17)24(31)15(3)33-22(30)12-11-21-28-13-20(34-21)23-18(26)5-4-6-19(23)27/h4-10,13-15H,11-12H2,1-3H3,(H,29,32). The number of rotatable bonds is 9. The zero-order valence-electron chi connectivity index (χ0n) is 18.9. The quantitative estimate of drug-likeness (QED) is 0.351. The second kappa shape index (κ2) is 10.8.